The summed E-state index contributed by atoms with van der Waals surface area (Å²) in [5.41, 5.74) is 2.21. The van der Waals surface area contributed by atoms with Gasteiger partial charge < -0.3 is 15.1 Å². The standard InChI is InChI=1S/C17H18N6O/c1-13-9-16(23-7-5-22(12-24)6-8-23)21-17(19-13)20-15-4-2-3-14(10-15)11-18/h2-4,9-10,12H,5-8H2,1H3,(H,19,20,21). The number of anilines is 3. The molecule has 1 amide bonds. The number of hydrogen-bond donors (Lipinski definition) is 1. The Bertz CT molecular complexity index is 777. The van der Waals surface area contributed by atoms with Crippen molar-refractivity contribution >= 4 is 23.9 Å². The lowest BCUT2D eigenvalue weighted by atomic mass is 10.2. The average molecular weight is 322 g/mol. The summed E-state index contributed by atoms with van der Waals surface area (Å²) >= 11 is 0. The van der Waals surface area contributed by atoms with E-state index in [2.05, 4.69) is 26.3 Å². The van der Waals surface area contributed by atoms with Gasteiger partial charge in [0, 0.05) is 43.6 Å². The van der Waals surface area contributed by atoms with Crippen LogP contribution in [0, 0.1) is 18.3 Å². The SMILES string of the molecule is Cc1cc(N2CCN(C=O)CC2)nc(Nc2cccc(C#N)c2)n1. The first kappa shape index (κ1) is 15.7. The molecule has 24 heavy (non-hydrogen) atoms. The first-order valence-electron chi connectivity index (χ1n) is 7.75. The van der Waals surface area contributed by atoms with Crippen molar-refractivity contribution in [3.8, 4) is 6.07 Å². The van der Waals surface area contributed by atoms with E-state index in [1.165, 1.54) is 0 Å². The summed E-state index contributed by atoms with van der Waals surface area (Å²) in [6.07, 6.45) is 0.887. The van der Waals surface area contributed by atoms with E-state index in [-0.39, 0.29) is 0 Å². The number of rotatable bonds is 4. The van der Waals surface area contributed by atoms with Crippen LogP contribution in [0.5, 0.6) is 0 Å². The van der Waals surface area contributed by atoms with E-state index in [0.717, 1.165) is 36.7 Å². The van der Waals surface area contributed by atoms with Crippen LogP contribution in [0.4, 0.5) is 17.5 Å². The zero-order valence-corrected chi connectivity index (χ0v) is 13.4. The van der Waals surface area contributed by atoms with Crippen LogP contribution < -0.4 is 10.2 Å². The van der Waals surface area contributed by atoms with E-state index in [1.807, 2.05) is 25.1 Å². The first-order chi connectivity index (χ1) is 11.7. The Balaban J connectivity index is 1.79. The van der Waals surface area contributed by atoms with E-state index in [4.69, 9.17) is 5.26 Å². The van der Waals surface area contributed by atoms with Gasteiger partial charge in [-0.05, 0) is 25.1 Å². The molecule has 1 saturated heterocycles. The number of hydrogen-bond acceptors (Lipinski definition) is 6. The largest absolute Gasteiger partial charge is 0.353 e. The highest BCUT2D eigenvalue weighted by Gasteiger charge is 2.17. The molecule has 0 aliphatic carbocycles. The van der Waals surface area contributed by atoms with Crippen LogP contribution >= 0.6 is 0 Å². The molecule has 7 heteroatoms. The van der Waals surface area contributed by atoms with Crippen LogP contribution in [0.2, 0.25) is 0 Å². The third-order valence-corrected chi connectivity index (χ3v) is 3.88. The van der Waals surface area contributed by atoms with Gasteiger partial charge in [0.05, 0.1) is 11.6 Å². The molecule has 0 saturated carbocycles. The second-order valence-corrected chi connectivity index (χ2v) is 5.64. The van der Waals surface area contributed by atoms with Crippen molar-refractivity contribution in [2.45, 2.75) is 6.92 Å². The number of nitrogens with one attached hydrogen (secondary N) is 1. The fourth-order valence-electron chi connectivity index (χ4n) is 2.62. The quantitative estimate of drug-likeness (QED) is 0.862. The number of nitriles is 1. The molecule has 122 valence electrons. The van der Waals surface area contributed by atoms with Gasteiger partial charge in [0.1, 0.15) is 5.82 Å². The molecule has 3 rings (SSSR count). The minimum atomic E-state index is 0.498. The lowest BCUT2D eigenvalue weighted by Crippen LogP contribution is -2.46. The molecule has 0 bridgehead atoms. The minimum absolute atomic E-state index is 0.498. The molecule has 0 atom stereocenters. The molecule has 2 aromatic rings. The monoisotopic (exact) mass is 322 g/mol. The lowest BCUT2D eigenvalue weighted by Gasteiger charge is -2.33. The summed E-state index contributed by atoms with van der Waals surface area (Å²) in [5, 5.41) is 12.1. The molecule has 1 aliphatic rings. The zero-order chi connectivity index (χ0) is 16.9. The van der Waals surface area contributed by atoms with Crippen LogP contribution in [-0.4, -0.2) is 47.5 Å². The van der Waals surface area contributed by atoms with Gasteiger partial charge >= 0.3 is 0 Å². The van der Waals surface area contributed by atoms with Crippen molar-refractivity contribution in [3.05, 3.63) is 41.6 Å². The Morgan fingerprint density at radius 1 is 1.21 bits per heavy atom. The highest BCUT2D eigenvalue weighted by atomic mass is 16.1. The molecule has 1 aromatic heterocycles. The van der Waals surface area contributed by atoms with Crippen molar-refractivity contribution < 1.29 is 4.79 Å². The summed E-state index contributed by atoms with van der Waals surface area (Å²) in [5.74, 6) is 1.34. The molecule has 1 fully saturated rings. The Morgan fingerprint density at radius 3 is 2.71 bits per heavy atom. The molecule has 1 aliphatic heterocycles. The fourth-order valence-corrected chi connectivity index (χ4v) is 2.62. The van der Waals surface area contributed by atoms with Crippen molar-refractivity contribution in [3.63, 3.8) is 0 Å². The lowest BCUT2D eigenvalue weighted by molar-refractivity contribution is -0.118. The topological polar surface area (TPSA) is 85.1 Å². The molecule has 0 spiro atoms. The van der Waals surface area contributed by atoms with E-state index in [9.17, 15) is 4.79 Å². The Labute approximate surface area is 140 Å². The van der Waals surface area contributed by atoms with Crippen LogP contribution in [-0.2, 0) is 4.79 Å². The van der Waals surface area contributed by atoms with Gasteiger partial charge in [0.2, 0.25) is 12.4 Å². The normalized spacial score (nSPS) is 14.2. The fraction of sp³-hybridized carbons (Fsp3) is 0.294. The number of amides is 1. The van der Waals surface area contributed by atoms with Crippen LogP contribution in [0.1, 0.15) is 11.3 Å². The molecule has 1 aromatic carbocycles. The molecule has 7 nitrogen and oxygen atoms in total. The second-order valence-electron chi connectivity index (χ2n) is 5.64. The number of carbonyl (C=O) groups excluding carboxylic acids is 1. The van der Waals surface area contributed by atoms with Crippen molar-refractivity contribution in [2.75, 3.05) is 36.4 Å². The highest BCUT2D eigenvalue weighted by Crippen LogP contribution is 2.20. The third kappa shape index (κ3) is 3.60. The van der Waals surface area contributed by atoms with Crippen molar-refractivity contribution in [1.29, 1.82) is 5.26 Å². The van der Waals surface area contributed by atoms with E-state index in [0.29, 0.717) is 24.6 Å². The maximum atomic E-state index is 10.8. The van der Waals surface area contributed by atoms with E-state index < -0.39 is 0 Å². The third-order valence-electron chi connectivity index (χ3n) is 3.88. The number of aromatic nitrogens is 2. The molecular formula is C17H18N6O. The predicted octanol–water partition coefficient (Wildman–Crippen LogP) is 1.68. The Kier molecular flexibility index (Phi) is 4.57. The summed E-state index contributed by atoms with van der Waals surface area (Å²) in [7, 11) is 0. The number of aryl methyl sites for hydroxylation is 1. The number of nitrogens with zero attached hydrogens (tertiary/aromatic N) is 5. The van der Waals surface area contributed by atoms with Crippen LogP contribution in [0.3, 0.4) is 0 Å². The highest BCUT2D eigenvalue weighted by molar-refractivity contribution is 5.58. The number of benzene rings is 1. The van der Waals surface area contributed by atoms with Crippen molar-refractivity contribution in [2.24, 2.45) is 0 Å². The minimum Gasteiger partial charge on any atom is -0.353 e. The maximum absolute atomic E-state index is 10.8. The summed E-state index contributed by atoms with van der Waals surface area (Å²) in [4.78, 5) is 23.7. The summed E-state index contributed by atoms with van der Waals surface area (Å²) in [6.45, 7) is 4.81. The second kappa shape index (κ2) is 6.96. The molecule has 1 N–H and O–H groups in total. The van der Waals surface area contributed by atoms with Gasteiger partial charge in [-0.1, -0.05) is 6.07 Å². The predicted molar refractivity (Wildman–Crippen MR) is 91.1 cm³/mol. The maximum Gasteiger partial charge on any atom is 0.229 e. The number of piperazine rings is 1. The first-order valence-corrected chi connectivity index (χ1v) is 7.75. The zero-order valence-electron chi connectivity index (χ0n) is 13.4. The molecule has 2 heterocycles. The van der Waals surface area contributed by atoms with Gasteiger partial charge in [-0.2, -0.15) is 10.2 Å². The molecular weight excluding hydrogens is 304 g/mol. The van der Waals surface area contributed by atoms with Crippen molar-refractivity contribution in [1.82, 2.24) is 14.9 Å². The van der Waals surface area contributed by atoms with E-state index >= 15 is 0 Å². The van der Waals surface area contributed by atoms with Gasteiger partial charge in [-0.3, -0.25) is 4.79 Å². The summed E-state index contributed by atoms with van der Waals surface area (Å²) < 4.78 is 0. The van der Waals surface area contributed by atoms with Crippen LogP contribution in [0.15, 0.2) is 30.3 Å². The van der Waals surface area contributed by atoms with Gasteiger partial charge in [0.15, 0.2) is 0 Å². The Morgan fingerprint density at radius 2 is 2.00 bits per heavy atom. The van der Waals surface area contributed by atoms with Gasteiger partial charge in [0.25, 0.3) is 0 Å². The van der Waals surface area contributed by atoms with Gasteiger partial charge in [-0.25, -0.2) is 4.98 Å². The van der Waals surface area contributed by atoms with Crippen LogP contribution in [0.25, 0.3) is 0 Å². The van der Waals surface area contributed by atoms with E-state index in [1.54, 1.807) is 17.0 Å². The Hall–Kier alpha value is -3.14. The van der Waals surface area contributed by atoms with Gasteiger partial charge in [-0.15, -0.1) is 0 Å². The smallest absolute Gasteiger partial charge is 0.229 e. The average Bonchev–Trinajstić information content (AvgIpc) is 2.61. The molecule has 0 radical (unpaired) electrons. The summed E-state index contributed by atoms with van der Waals surface area (Å²) in [6, 6.07) is 11.2. The number of carbonyl (C=O) groups is 1. The molecule has 0 unspecified atom stereocenters.